The van der Waals surface area contributed by atoms with Crippen LogP contribution in [-0.4, -0.2) is 17.1 Å². The molecule has 4 rings (SSSR count). The second-order valence-corrected chi connectivity index (χ2v) is 7.18. The van der Waals surface area contributed by atoms with Crippen LogP contribution >= 0.6 is 0 Å². The zero-order chi connectivity index (χ0) is 20.6. The molecular weight excluding hydrogens is 386 g/mol. The standard InChI is InChI=1S/C21H19F4N3O/c22-19-5-4-15(8-18(19)21(23,24)25)29-16-6-14(7-16)27-10-12-2-1-3-13-11-28-20(26)9-17(12)13/h1-5,8-9,11,14,16,27H,6-7,10H2,(H2,26,28)/t14-,16-. The summed E-state index contributed by atoms with van der Waals surface area (Å²) in [6, 6.07) is 10.7. The van der Waals surface area contributed by atoms with Crippen molar-refractivity contribution in [2.75, 3.05) is 5.73 Å². The van der Waals surface area contributed by atoms with Crippen molar-refractivity contribution in [3.8, 4) is 5.75 Å². The van der Waals surface area contributed by atoms with Crippen molar-refractivity contribution in [1.82, 2.24) is 10.3 Å². The van der Waals surface area contributed by atoms with Gasteiger partial charge in [-0.1, -0.05) is 18.2 Å². The number of fused-ring (bicyclic) bond motifs is 1. The van der Waals surface area contributed by atoms with E-state index in [4.69, 9.17) is 10.5 Å². The second-order valence-electron chi connectivity index (χ2n) is 7.18. The third kappa shape index (κ3) is 4.27. The molecule has 1 aromatic heterocycles. The topological polar surface area (TPSA) is 60.2 Å². The summed E-state index contributed by atoms with van der Waals surface area (Å²) in [5.41, 5.74) is 5.56. The number of anilines is 1. The molecule has 3 N–H and O–H groups in total. The predicted octanol–water partition coefficient (Wildman–Crippen LogP) is 4.67. The Balaban J connectivity index is 1.33. The highest BCUT2D eigenvalue weighted by Gasteiger charge is 2.35. The number of hydrogen-bond donors (Lipinski definition) is 2. The zero-order valence-corrected chi connectivity index (χ0v) is 15.3. The molecule has 0 radical (unpaired) electrons. The molecule has 0 unspecified atom stereocenters. The monoisotopic (exact) mass is 405 g/mol. The first-order valence-corrected chi connectivity index (χ1v) is 9.19. The summed E-state index contributed by atoms with van der Waals surface area (Å²) in [6.45, 7) is 0.632. The highest BCUT2D eigenvalue weighted by atomic mass is 19.4. The van der Waals surface area contributed by atoms with Gasteiger partial charge >= 0.3 is 6.18 Å². The van der Waals surface area contributed by atoms with Crippen LogP contribution in [0.3, 0.4) is 0 Å². The summed E-state index contributed by atoms with van der Waals surface area (Å²) in [4.78, 5) is 4.09. The van der Waals surface area contributed by atoms with Gasteiger partial charge in [0.25, 0.3) is 0 Å². The Labute approximate surface area is 164 Å². The molecule has 0 spiro atoms. The number of pyridine rings is 1. The van der Waals surface area contributed by atoms with Crippen molar-refractivity contribution < 1.29 is 22.3 Å². The maximum atomic E-state index is 13.4. The summed E-state index contributed by atoms with van der Waals surface area (Å²) in [5, 5.41) is 5.46. The summed E-state index contributed by atoms with van der Waals surface area (Å²) >= 11 is 0. The third-order valence-corrected chi connectivity index (χ3v) is 5.10. The number of benzene rings is 2. The Morgan fingerprint density at radius 2 is 1.93 bits per heavy atom. The van der Waals surface area contributed by atoms with Crippen molar-refractivity contribution in [1.29, 1.82) is 0 Å². The summed E-state index contributed by atoms with van der Waals surface area (Å²) in [6.07, 6.45) is -1.89. The van der Waals surface area contributed by atoms with Gasteiger partial charge in [-0.25, -0.2) is 9.37 Å². The van der Waals surface area contributed by atoms with E-state index in [1.54, 1.807) is 6.20 Å². The number of halogens is 4. The third-order valence-electron chi connectivity index (χ3n) is 5.10. The number of ether oxygens (including phenoxy) is 1. The van der Waals surface area contributed by atoms with Crippen LogP contribution < -0.4 is 15.8 Å². The maximum Gasteiger partial charge on any atom is 0.419 e. The van der Waals surface area contributed by atoms with Crippen LogP contribution in [0.1, 0.15) is 24.0 Å². The normalized spacial score (nSPS) is 19.2. The number of hydrogen-bond acceptors (Lipinski definition) is 4. The van der Waals surface area contributed by atoms with E-state index < -0.39 is 17.6 Å². The van der Waals surface area contributed by atoms with Crippen molar-refractivity contribution >= 4 is 16.6 Å². The van der Waals surface area contributed by atoms with Crippen molar-refractivity contribution in [2.45, 2.75) is 37.7 Å². The van der Waals surface area contributed by atoms with Gasteiger partial charge in [-0.3, -0.25) is 0 Å². The lowest BCUT2D eigenvalue weighted by Gasteiger charge is -2.36. The van der Waals surface area contributed by atoms with Gasteiger partial charge in [0, 0.05) is 24.2 Å². The van der Waals surface area contributed by atoms with Crippen molar-refractivity contribution in [3.05, 3.63) is 65.6 Å². The molecule has 0 saturated heterocycles. The Kier molecular flexibility index (Phi) is 5.04. The maximum absolute atomic E-state index is 13.4. The van der Waals surface area contributed by atoms with Gasteiger partial charge in [0.05, 0.1) is 5.56 Å². The lowest BCUT2D eigenvalue weighted by Crippen LogP contribution is -2.46. The van der Waals surface area contributed by atoms with E-state index in [1.165, 1.54) is 6.07 Å². The fourth-order valence-corrected chi connectivity index (χ4v) is 3.48. The fraction of sp³-hybridized carbons (Fsp3) is 0.286. The highest BCUT2D eigenvalue weighted by Crippen LogP contribution is 2.35. The van der Waals surface area contributed by atoms with E-state index >= 15 is 0 Å². The van der Waals surface area contributed by atoms with Gasteiger partial charge < -0.3 is 15.8 Å². The number of nitrogens with one attached hydrogen (secondary N) is 1. The molecule has 4 nitrogen and oxygen atoms in total. The van der Waals surface area contributed by atoms with Gasteiger partial charge in [-0.15, -0.1) is 0 Å². The van der Waals surface area contributed by atoms with Gasteiger partial charge in [-0.2, -0.15) is 13.2 Å². The van der Waals surface area contributed by atoms with Crippen LogP contribution in [-0.2, 0) is 12.7 Å². The molecule has 1 aliphatic carbocycles. The number of alkyl halides is 3. The summed E-state index contributed by atoms with van der Waals surface area (Å²) in [5.74, 6) is -0.817. The highest BCUT2D eigenvalue weighted by molar-refractivity contribution is 5.86. The molecule has 0 atom stereocenters. The van der Waals surface area contributed by atoms with E-state index in [0.29, 0.717) is 31.3 Å². The Bertz CT molecular complexity index is 1030. The number of nitrogens with two attached hydrogens (primary N) is 1. The molecule has 8 heteroatoms. The number of rotatable bonds is 5. The van der Waals surface area contributed by atoms with E-state index in [0.717, 1.165) is 22.4 Å². The molecule has 0 aliphatic heterocycles. The lowest BCUT2D eigenvalue weighted by molar-refractivity contribution is -0.140. The minimum Gasteiger partial charge on any atom is -0.490 e. The Morgan fingerprint density at radius 1 is 1.14 bits per heavy atom. The first kappa shape index (κ1) is 19.4. The Hall–Kier alpha value is -2.87. The van der Waals surface area contributed by atoms with E-state index in [2.05, 4.69) is 10.3 Å². The van der Waals surface area contributed by atoms with Crippen LogP contribution in [0.25, 0.3) is 10.8 Å². The summed E-state index contributed by atoms with van der Waals surface area (Å²) in [7, 11) is 0. The molecule has 1 fully saturated rings. The molecule has 3 aromatic rings. The summed E-state index contributed by atoms with van der Waals surface area (Å²) < 4.78 is 57.4. The van der Waals surface area contributed by atoms with Gasteiger partial charge in [0.1, 0.15) is 23.5 Å². The van der Waals surface area contributed by atoms with E-state index in [-0.39, 0.29) is 17.9 Å². The molecular formula is C21H19F4N3O. The molecule has 1 saturated carbocycles. The first-order chi connectivity index (χ1) is 13.8. The lowest BCUT2D eigenvalue weighted by atomic mass is 9.89. The quantitative estimate of drug-likeness (QED) is 0.606. The smallest absolute Gasteiger partial charge is 0.419 e. The molecule has 0 amide bonds. The van der Waals surface area contributed by atoms with Gasteiger partial charge in [0.2, 0.25) is 0 Å². The average molecular weight is 405 g/mol. The molecule has 29 heavy (non-hydrogen) atoms. The SMILES string of the molecule is Nc1cc2c(CN[C@H]3C[C@H](Oc4ccc(F)c(C(F)(F)F)c4)C3)cccc2cn1. The van der Waals surface area contributed by atoms with Crippen LogP contribution in [0.15, 0.2) is 48.7 Å². The zero-order valence-electron chi connectivity index (χ0n) is 15.3. The molecule has 1 heterocycles. The molecule has 152 valence electrons. The van der Waals surface area contributed by atoms with Crippen molar-refractivity contribution in [2.24, 2.45) is 0 Å². The number of nitrogens with zero attached hydrogens (tertiary/aromatic N) is 1. The van der Waals surface area contributed by atoms with E-state index in [9.17, 15) is 17.6 Å². The Morgan fingerprint density at radius 3 is 2.69 bits per heavy atom. The minimum absolute atomic E-state index is 0.0270. The van der Waals surface area contributed by atoms with Crippen LogP contribution in [0, 0.1) is 5.82 Å². The van der Waals surface area contributed by atoms with Crippen LogP contribution in [0.2, 0.25) is 0 Å². The molecule has 1 aliphatic rings. The predicted molar refractivity (Wildman–Crippen MR) is 102 cm³/mol. The van der Waals surface area contributed by atoms with E-state index in [1.807, 2.05) is 24.3 Å². The molecule has 0 bridgehead atoms. The average Bonchev–Trinajstić information content (AvgIpc) is 2.64. The first-order valence-electron chi connectivity index (χ1n) is 9.19. The number of aromatic nitrogens is 1. The minimum atomic E-state index is -4.75. The fourth-order valence-electron chi connectivity index (χ4n) is 3.48. The number of nitrogen functional groups attached to an aromatic ring is 1. The van der Waals surface area contributed by atoms with Crippen LogP contribution in [0.4, 0.5) is 23.4 Å². The second kappa shape index (κ2) is 7.51. The molecule has 2 aromatic carbocycles. The van der Waals surface area contributed by atoms with Crippen LogP contribution in [0.5, 0.6) is 5.75 Å². The van der Waals surface area contributed by atoms with Gasteiger partial charge in [0.15, 0.2) is 0 Å². The van der Waals surface area contributed by atoms with Crippen molar-refractivity contribution in [3.63, 3.8) is 0 Å². The van der Waals surface area contributed by atoms with Gasteiger partial charge in [-0.05, 0) is 48.1 Å². The largest absolute Gasteiger partial charge is 0.490 e.